The number of alkyl carbamates (subject to hydrolysis) is 1. The van der Waals surface area contributed by atoms with Gasteiger partial charge in [0.1, 0.15) is 29.3 Å². The smallest absolute Gasteiger partial charge is 0.408 e. The van der Waals surface area contributed by atoms with Crippen LogP contribution in [0.25, 0.3) is 11.0 Å². The zero-order valence-corrected chi connectivity index (χ0v) is 28.3. The molecule has 2 aromatic carbocycles. The van der Waals surface area contributed by atoms with Crippen LogP contribution in [0.15, 0.2) is 42.5 Å². The highest BCUT2D eigenvalue weighted by atomic mass is 19.1. The Morgan fingerprint density at radius 3 is 2.18 bits per heavy atom. The number of nitrogens with zero attached hydrogens (tertiary/aromatic N) is 2. The van der Waals surface area contributed by atoms with Crippen LogP contribution in [-0.2, 0) is 30.5 Å². The van der Waals surface area contributed by atoms with E-state index in [0.717, 1.165) is 5.56 Å². The molecule has 3 aromatic rings. The second-order valence-corrected chi connectivity index (χ2v) is 12.7. The monoisotopic (exact) mass is 685 g/mol. The number of nitrogens with one attached hydrogen (secondary N) is 3. The van der Waals surface area contributed by atoms with E-state index in [9.17, 15) is 33.5 Å². The number of hydrogen-bond donors (Lipinski definition) is 6. The number of carbonyl (C=O) groups excluding carboxylic acids is 5. The number of carbonyl (C=O) groups is 5. The minimum atomic E-state index is -1.57. The fourth-order valence-electron chi connectivity index (χ4n) is 4.74. The van der Waals surface area contributed by atoms with Crippen molar-refractivity contribution >= 4 is 46.8 Å². The molecule has 15 nitrogen and oxygen atoms in total. The first-order valence-electron chi connectivity index (χ1n) is 15.7. The standard InChI is InChI=1S/C33H44FN7O8/c1-7-17(2)26(39-28(44)23(15-25(35)43)38-32(47)49-33(4,5)6)29(45)40-27(18(3)42)30(46)48-21-12-13-22-24(14-21)41(31(36)37-22)16-19-8-10-20(34)11-9-19/h8-14,17-18,23,26-27,42H,7,15-16H2,1-6H3,(H2,35,43)(H2,36,37)(H,38,47)(H,39,44)(H,40,45)/t17-,18+,23-,26-,27-/m0/s1. The quantitative estimate of drug-likeness (QED) is 0.107. The lowest BCUT2D eigenvalue weighted by Crippen LogP contribution is -2.60. The number of imidazole rings is 1. The minimum absolute atomic E-state index is 0.0620. The number of aliphatic hydroxyl groups is 1. The third-order valence-corrected chi connectivity index (χ3v) is 7.46. The molecule has 0 aliphatic rings. The number of esters is 1. The molecule has 0 aliphatic carbocycles. The number of nitrogen functional groups attached to an aromatic ring is 1. The summed E-state index contributed by atoms with van der Waals surface area (Å²) < 4.78 is 25.8. The van der Waals surface area contributed by atoms with E-state index in [-0.39, 0.29) is 24.1 Å². The highest BCUT2D eigenvalue weighted by molar-refractivity contribution is 5.95. The maximum atomic E-state index is 13.5. The lowest BCUT2D eigenvalue weighted by Gasteiger charge is -2.29. The SMILES string of the molecule is CC[C@H](C)[C@H](NC(=O)[C@H](CC(N)=O)NC(=O)OC(C)(C)C)C(=O)N[C@H](C(=O)Oc1ccc2nc(N)n(Cc3ccc(F)cc3)c2c1)[C@@H](C)O. The van der Waals surface area contributed by atoms with Gasteiger partial charge in [-0.05, 0) is 63.4 Å². The van der Waals surface area contributed by atoms with Gasteiger partial charge in [-0.2, -0.15) is 0 Å². The number of amides is 4. The molecule has 0 saturated carbocycles. The number of halogens is 1. The highest BCUT2D eigenvalue weighted by Gasteiger charge is 2.35. The summed E-state index contributed by atoms with van der Waals surface area (Å²) in [6, 6.07) is 6.10. The van der Waals surface area contributed by atoms with Crippen LogP contribution < -0.4 is 32.2 Å². The summed E-state index contributed by atoms with van der Waals surface area (Å²) in [4.78, 5) is 68.4. The van der Waals surface area contributed by atoms with Crippen LogP contribution >= 0.6 is 0 Å². The van der Waals surface area contributed by atoms with Crippen molar-refractivity contribution in [1.29, 1.82) is 0 Å². The maximum absolute atomic E-state index is 13.5. The molecule has 0 saturated heterocycles. The third kappa shape index (κ3) is 10.9. The average molecular weight is 686 g/mol. The molecule has 0 unspecified atom stereocenters. The van der Waals surface area contributed by atoms with Crippen LogP contribution in [0.2, 0.25) is 0 Å². The van der Waals surface area contributed by atoms with Crippen LogP contribution in [0.5, 0.6) is 5.75 Å². The van der Waals surface area contributed by atoms with Crippen LogP contribution in [0.3, 0.4) is 0 Å². The summed E-state index contributed by atoms with van der Waals surface area (Å²) in [6.07, 6.45) is -2.59. The normalized spacial score (nSPS) is 14.5. The molecular weight excluding hydrogens is 641 g/mol. The zero-order chi connectivity index (χ0) is 36.6. The summed E-state index contributed by atoms with van der Waals surface area (Å²) in [5.74, 6) is -4.28. The number of ether oxygens (including phenoxy) is 2. The van der Waals surface area contributed by atoms with Crippen LogP contribution in [0.4, 0.5) is 15.1 Å². The van der Waals surface area contributed by atoms with E-state index >= 15 is 0 Å². The predicted molar refractivity (Wildman–Crippen MR) is 177 cm³/mol. The van der Waals surface area contributed by atoms with Gasteiger partial charge in [-0.1, -0.05) is 32.4 Å². The summed E-state index contributed by atoms with van der Waals surface area (Å²) >= 11 is 0. The molecule has 266 valence electrons. The van der Waals surface area contributed by atoms with Crippen LogP contribution in [-0.4, -0.2) is 74.3 Å². The van der Waals surface area contributed by atoms with Gasteiger partial charge in [-0.3, -0.25) is 14.4 Å². The van der Waals surface area contributed by atoms with Crippen molar-refractivity contribution < 1.29 is 42.9 Å². The van der Waals surface area contributed by atoms with Gasteiger partial charge < -0.3 is 46.6 Å². The molecule has 0 aliphatic heterocycles. The van der Waals surface area contributed by atoms with Gasteiger partial charge in [0.2, 0.25) is 23.7 Å². The largest absolute Gasteiger partial charge is 0.444 e. The number of hydrogen-bond acceptors (Lipinski definition) is 10. The first-order chi connectivity index (χ1) is 22.9. The number of anilines is 1. The van der Waals surface area contributed by atoms with Gasteiger partial charge >= 0.3 is 12.1 Å². The Morgan fingerprint density at radius 2 is 1.61 bits per heavy atom. The zero-order valence-electron chi connectivity index (χ0n) is 28.3. The number of nitrogens with two attached hydrogens (primary N) is 2. The molecular formula is C33H44FN7O8. The van der Waals surface area contributed by atoms with Crippen molar-refractivity contribution in [1.82, 2.24) is 25.5 Å². The van der Waals surface area contributed by atoms with Gasteiger partial charge in [-0.15, -0.1) is 0 Å². The van der Waals surface area contributed by atoms with Crippen molar-refractivity contribution in [2.24, 2.45) is 11.7 Å². The van der Waals surface area contributed by atoms with Crippen molar-refractivity contribution in [2.75, 3.05) is 5.73 Å². The van der Waals surface area contributed by atoms with Crippen LogP contribution in [0.1, 0.15) is 59.9 Å². The number of primary amides is 1. The molecule has 0 spiro atoms. The minimum Gasteiger partial charge on any atom is -0.444 e. The first kappa shape index (κ1) is 38.2. The molecule has 8 N–H and O–H groups in total. The van der Waals surface area contributed by atoms with E-state index in [2.05, 4.69) is 20.9 Å². The fourth-order valence-corrected chi connectivity index (χ4v) is 4.74. The highest BCUT2D eigenvalue weighted by Crippen LogP contribution is 2.25. The summed E-state index contributed by atoms with van der Waals surface area (Å²) in [5, 5.41) is 17.7. The second kappa shape index (κ2) is 16.2. The third-order valence-electron chi connectivity index (χ3n) is 7.46. The number of aliphatic hydroxyl groups excluding tert-OH is 1. The van der Waals surface area contributed by atoms with E-state index in [1.807, 2.05) is 0 Å². The Bertz CT molecular complexity index is 1670. The number of fused-ring (bicyclic) bond motifs is 1. The average Bonchev–Trinajstić information content (AvgIpc) is 3.31. The van der Waals surface area contributed by atoms with Gasteiger partial charge in [0.25, 0.3) is 0 Å². The van der Waals surface area contributed by atoms with Gasteiger partial charge in [0.05, 0.1) is 30.1 Å². The van der Waals surface area contributed by atoms with Crippen molar-refractivity contribution in [2.45, 2.75) is 90.8 Å². The molecule has 0 radical (unpaired) electrons. The Kier molecular flexibility index (Phi) is 12.7. The lowest BCUT2D eigenvalue weighted by atomic mass is 9.97. The van der Waals surface area contributed by atoms with E-state index in [0.29, 0.717) is 17.5 Å². The molecule has 1 heterocycles. The van der Waals surface area contributed by atoms with Crippen molar-refractivity contribution in [3.63, 3.8) is 0 Å². The lowest BCUT2D eigenvalue weighted by molar-refractivity contribution is -0.143. The molecule has 4 amide bonds. The van der Waals surface area contributed by atoms with E-state index in [1.165, 1.54) is 31.2 Å². The van der Waals surface area contributed by atoms with E-state index in [4.69, 9.17) is 20.9 Å². The topological polar surface area (TPSA) is 230 Å². The maximum Gasteiger partial charge on any atom is 0.408 e. The van der Waals surface area contributed by atoms with Crippen LogP contribution in [0, 0.1) is 11.7 Å². The number of rotatable bonds is 14. The molecule has 1 aromatic heterocycles. The predicted octanol–water partition coefficient (Wildman–Crippen LogP) is 1.88. The summed E-state index contributed by atoms with van der Waals surface area (Å²) in [7, 11) is 0. The Labute approximate surface area is 282 Å². The van der Waals surface area contributed by atoms with Gasteiger partial charge in [0, 0.05) is 6.07 Å². The van der Waals surface area contributed by atoms with E-state index in [1.54, 1.807) is 57.4 Å². The van der Waals surface area contributed by atoms with Crippen molar-refractivity contribution in [3.8, 4) is 5.75 Å². The second-order valence-electron chi connectivity index (χ2n) is 12.7. The molecule has 0 bridgehead atoms. The summed E-state index contributed by atoms with van der Waals surface area (Å²) in [5.41, 5.74) is 12.3. The summed E-state index contributed by atoms with van der Waals surface area (Å²) in [6.45, 7) is 9.80. The Hall–Kier alpha value is -5.25. The fraction of sp³-hybridized carbons (Fsp3) is 0.455. The van der Waals surface area contributed by atoms with Crippen molar-refractivity contribution in [3.05, 3.63) is 53.8 Å². The van der Waals surface area contributed by atoms with Gasteiger partial charge in [-0.25, -0.2) is 19.0 Å². The van der Waals surface area contributed by atoms with E-state index < -0.39 is 72.0 Å². The molecule has 16 heteroatoms. The molecule has 5 atom stereocenters. The molecule has 3 rings (SSSR count). The number of benzene rings is 2. The first-order valence-corrected chi connectivity index (χ1v) is 15.7. The molecule has 49 heavy (non-hydrogen) atoms. The van der Waals surface area contributed by atoms with Gasteiger partial charge in [0.15, 0.2) is 6.04 Å². The Balaban J connectivity index is 1.79. The molecule has 0 fully saturated rings. The number of aromatic nitrogens is 2. The Morgan fingerprint density at radius 1 is 0.980 bits per heavy atom.